The van der Waals surface area contributed by atoms with Gasteiger partial charge < -0.3 is 5.32 Å². The Morgan fingerprint density at radius 3 is 2.17 bits per heavy atom. The average molecular weight is 350 g/mol. The molecule has 2 fully saturated rings. The number of piperidine rings is 1. The molecular formula is C18H26N2O3S. The minimum atomic E-state index is -3.46. The van der Waals surface area contributed by atoms with Gasteiger partial charge in [0.2, 0.25) is 15.9 Å². The highest BCUT2D eigenvalue weighted by atomic mass is 32.2. The van der Waals surface area contributed by atoms with E-state index in [0.717, 1.165) is 25.7 Å². The molecule has 1 aliphatic heterocycles. The number of anilines is 1. The van der Waals surface area contributed by atoms with Crippen molar-refractivity contribution in [3.63, 3.8) is 0 Å². The summed E-state index contributed by atoms with van der Waals surface area (Å²) < 4.78 is 27.2. The first-order valence-corrected chi connectivity index (χ1v) is 10.2. The highest BCUT2D eigenvalue weighted by Gasteiger charge is 2.31. The second kappa shape index (κ2) is 6.84. The maximum absolute atomic E-state index is 12.8. The van der Waals surface area contributed by atoms with E-state index in [1.165, 1.54) is 0 Å². The summed E-state index contributed by atoms with van der Waals surface area (Å²) in [5.41, 5.74) is 0.659. The van der Waals surface area contributed by atoms with E-state index in [4.69, 9.17) is 0 Å². The zero-order valence-electron chi connectivity index (χ0n) is 14.4. The maximum atomic E-state index is 12.8. The number of nitrogens with zero attached hydrogens (tertiary/aromatic N) is 1. The van der Waals surface area contributed by atoms with Crippen LogP contribution in [0.15, 0.2) is 29.2 Å². The summed E-state index contributed by atoms with van der Waals surface area (Å²) >= 11 is 0. The third-order valence-corrected chi connectivity index (χ3v) is 6.92. The summed E-state index contributed by atoms with van der Waals surface area (Å²) in [7, 11) is -3.46. The molecule has 0 bridgehead atoms. The first-order chi connectivity index (χ1) is 11.4. The van der Waals surface area contributed by atoms with Crippen LogP contribution in [0.4, 0.5) is 5.69 Å². The molecule has 1 saturated carbocycles. The summed E-state index contributed by atoms with van der Waals surface area (Å²) in [6.07, 6.45) is 4.08. The van der Waals surface area contributed by atoms with Gasteiger partial charge in [0.05, 0.1) is 4.90 Å². The van der Waals surface area contributed by atoms with Crippen LogP contribution in [-0.4, -0.2) is 31.7 Å². The number of hydrogen-bond donors (Lipinski definition) is 1. The van der Waals surface area contributed by atoms with Crippen molar-refractivity contribution in [1.82, 2.24) is 4.31 Å². The van der Waals surface area contributed by atoms with E-state index in [0.29, 0.717) is 35.5 Å². The van der Waals surface area contributed by atoms with Crippen LogP contribution in [0.1, 0.15) is 39.5 Å². The zero-order chi connectivity index (χ0) is 17.3. The molecule has 2 aliphatic rings. The molecule has 0 spiro atoms. The van der Waals surface area contributed by atoms with Gasteiger partial charge in [-0.25, -0.2) is 8.42 Å². The monoisotopic (exact) mass is 350 g/mol. The van der Waals surface area contributed by atoms with Gasteiger partial charge in [0, 0.05) is 24.7 Å². The third-order valence-electron chi connectivity index (χ3n) is 5.07. The second-order valence-corrected chi connectivity index (χ2v) is 9.35. The molecule has 0 unspecified atom stereocenters. The van der Waals surface area contributed by atoms with Crippen LogP contribution < -0.4 is 5.32 Å². The Balaban J connectivity index is 1.70. The highest BCUT2D eigenvalue weighted by Crippen LogP contribution is 2.29. The summed E-state index contributed by atoms with van der Waals surface area (Å²) in [5.74, 6) is 0.911. The van der Waals surface area contributed by atoms with E-state index >= 15 is 0 Å². The molecule has 1 saturated heterocycles. The van der Waals surface area contributed by atoms with Crippen LogP contribution in [-0.2, 0) is 14.8 Å². The molecule has 5 nitrogen and oxygen atoms in total. The van der Waals surface area contributed by atoms with Gasteiger partial charge in [-0.3, -0.25) is 4.79 Å². The first kappa shape index (κ1) is 17.4. The lowest BCUT2D eigenvalue weighted by molar-refractivity contribution is -0.122. The molecule has 3 rings (SSSR count). The largest absolute Gasteiger partial charge is 0.326 e. The van der Waals surface area contributed by atoms with Gasteiger partial charge in [-0.2, -0.15) is 4.31 Å². The van der Waals surface area contributed by atoms with E-state index in [1.54, 1.807) is 28.6 Å². The number of hydrogen-bond acceptors (Lipinski definition) is 3. The standard InChI is InChI=1S/C18H26N2O3S/c1-13-10-14(2)12-20(11-13)24(22,23)17-8-6-16(7-9-17)19-18(21)15-4-3-5-15/h6-9,13-15H,3-5,10-12H2,1-2H3,(H,19,21)/t13-,14-/m0/s1. The minimum Gasteiger partial charge on any atom is -0.326 e. The third kappa shape index (κ3) is 3.64. The normalized spacial score (nSPS) is 25.9. The number of sulfonamides is 1. The van der Waals surface area contributed by atoms with Gasteiger partial charge >= 0.3 is 0 Å². The lowest BCUT2D eigenvalue weighted by atomic mass is 9.85. The molecule has 1 N–H and O–H groups in total. The van der Waals surface area contributed by atoms with Gasteiger partial charge in [-0.1, -0.05) is 20.3 Å². The number of carbonyl (C=O) groups is 1. The summed E-state index contributed by atoms with van der Waals surface area (Å²) in [5, 5.41) is 2.87. The Labute approximate surface area is 144 Å². The van der Waals surface area contributed by atoms with Crippen LogP contribution in [0.2, 0.25) is 0 Å². The molecule has 1 aliphatic carbocycles. The molecular weight excluding hydrogens is 324 g/mol. The Bertz CT molecular complexity index is 685. The number of carbonyl (C=O) groups excluding carboxylic acids is 1. The van der Waals surface area contributed by atoms with Crippen LogP contribution >= 0.6 is 0 Å². The van der Waals surface area contributed by atoms with E-state index < -0.39 is 10.0 Å². The molecule has 1 amide bonds. The Morgan fingerprint density at radius 1 is 1.08 bits per heavy atom. The summed E-state index contributed by atoms with van der Waals surface area (Å²) in [6, 6.07) is 6.55. The minimum absolute atomic E-state index is 0.0375. The van der Waals surface area contributed by atoms with Crippen molar-refractivity contribution in [2.45, 2.75) is 44.4 Å². The van der Waals surface area contributed by atoms with E-state index in [2.05, 4.69) is 19.2 Å². The smallest absolute Gasteiger partial charge is 0.243 e. The van der Waals surface area contributed by atoms with Crippen LogP contribution in [0.25, 0.3) is 0 Å². The number of amides is 1. The Hall–Kier alpha value is -1.40. The van der Waals surface area contributed by atoms with Crippen molar-refractivity contribution >= 4 is 21.6 Å². The summed E-state index contributed by atoms with van der Waals surface area (Å²) in [6.45, 7) is 5.34. The van der Waals surface area contributed by atoms with Crippen molar-refractivity contribution in [1.29, 1.82) is 0 Å². The van der Waals surface area contributed by atoms with Crippen LogP contribution in [0, 0.1) is 17.8 Å². The fourth-order valence-electron chi connectivity index (χ4n) is 3.58. The molecule has 1 aromatic carbocycles. The van der Waals surface area contributed by atoms with E-state index in [9.17, 15) is 13.2 Å². The van der Waals surface area contributed by atoms with Gasteiger partial charge in [-0.15, -0.1) is 0 Å². The fraction of sp³-hybridized carbons (Fsp3) is 0.611. The van der Waals surface area contributed by atoms with Gasteiger partial charge in [0.25, 0.3) is 0 Å². The number of nitrogens with one attached hydrogen (secondary N) is 1. The molecule has 0 aromatic heterocycles. The second-order valence-electron chi connectivity index (χ2n) is 7.41. The van der Waals surface area contributed by atoms with Crippen molar-refractivity contribution in [3.8, 4) is 0 Å². The molecule has 1 aromatic rings. The van der Waals surface area contributed by atoms with Gasteiger partial charge in [0.15, 0.2) is 0 Å². The molecule has 1 heterocycles. The van der Waals surface area contributed by atoms with Crippen LogP contribution in [0.5, 0.6) is 0 Å². The fourth-order valence-corrected chi connectivity index (χ4v) is 5.26. The Kier molecular flexibility index (Phi) is 4.97. The molecule has 2 atom stereocenters. The zero-order valence-corrected chi connectivity index (χ0v) is 15.2. The average Bonchev–Trinajstić information content (AvgIpc) is 2.44. The van der Waals surface area contributed by atoms with E-state index in [-0.39, 0.29) is 11.8 Å². The van der Waals surface area contributed by atoms with Gasteiger partial charge in [0.1, 0.15) is 0 Å². The lowest BCUT2D eigenvalue weighted by Crippen LogP contribution is -2.42. The quantitative estimate of drug-likeness (QED) is 0.907. The topological polar surface area (TPSA) is 66.5 Å². The highest BCUT2D eigenvalue weighted by molar-refractivity contribution is 7.89. The van der Waals surface area contributed by atoms with E-state index in [1.807, 2.05) is 0 Å². The van der Waals surface area contributed by atoms with Gasteiger partial charge in [-0.05, 0) is 55.4 Å². The van der Waals surface area contributed by atoms with Crippen molar-refractivity contribution < 1.29 is 13.2 Å². The van der Waals surface area contributed by atoms with Crippen molar-refractivity contribution in [2.24, 2.45) is 17.8 Å². The lowest BCUT2D eigenvalue weighted by Gasteiger charge is -2.34. The van der Waals surface area contributed by atoms with Crippen molar-refractivity contribution in [2.75, 3.05) is 18.4 Å². The molecule has 6 heteroatoms. The first-order valence-electron chi connectivity index (χ1n) is 8.77. The Morgan fingerprint density at radius 2 is 1.67 bits per heavy atom. The predicted molar refractivity (Wildman–Crippen MR) is 94.1 cm³/mol. The SMILES string of the molecule is C[C@H]1C[C@H](C)CN(S(=O)(=O)c2ccc(NC(=O)C3CCC3)cc2)C1. The maximum Gasteiger partial charge on any atom is 0.243 e. The molecule has 24 heavy (non-hydrogen) atoms. The molecule has 132 valence electrons. The van der Waals surface area contributed by atoms with Crippen LogP contribution in [0.3, 0.4) is 0 Å². The number of benzene rings is 1. The summed E-state index contributed by atoms with van der Waals surface area (Å²) in [4.78, 5) is 12.3. The van der Waals surface area contributed by atoms with Crippen molar-refractivity contribution in [3.05, 3.63) is 24.3 Å². The number of rotatable bonds is 4. The molecule has 0 radical (unpaired) electrons. The predicted octanol–water partition coefficient (Wildman–Crippen LogP) is 3.09.